The number of hydrogen-bond donors (Lipinski definition) is 0. The van der Waals surface area contributed by atoms with Crippen molar-refractivity contribution < 1.29 is 8.42 Å². The Morgan fingerprint density at radius 1 is 1.04 bits per heavy atom. The highest BCUT2D eigenvalue weighted by Gasteiger charge is 2.46. The van der Waals surface area contributed by atoms with Gasteiger partial charge in [0.15, 0.2) is 15.0 Å². The van der Waals surface area contributed by atoms with E-state index in [2.05, 4.69) is 4.90 Å². The number of thioether (sulfide) groups is 1. The van der Waals surface area contributed by atoms with Crippen LogP contribution >= 0.6 is 46.6 Å². The van der Waals surface area contributed by atoms with Crippen LogP contribution in [0.1, 0.15) is 11.1 Å². The molecule has 0 saturated carbocycles. The number of halogens is 3. The predicted molar refractivity (Wildman–Crippen MR) is 118 cm³/mol. The molecule has 0 aliphatic carbocycles. The predicted octanol–water partition coefficient (Wildman–Crippen LogP) is 4.92. The van der Waals surface area contributed by atoms with E-state index >= 15 is 0 Å². The number of sulfone groups is 1. The van der Waals surface area contributed by atoms with Gasteiger partial charge in [-0.25, -0.2) is 8.42 Å². The highest BCUT2D eigenvalue weighted by Crippen LogP contribution is 2.34. The fourth-order valence-corrected chi connectivity index (χ4v) is 7.13. The Balaban J connectivity index is 1.55. The second kappa shape index (κ2) is 8.07. The Bertz CT molecular complexity index is 1030. The van der Waals surface area contributed by atoms with Crippen LogP contribution < -0.4 is 0 Å². The van der Waals surface area contributed by atoms with Crippen molar-refractivity contribution in [3.8, 4) is 0 Å². The Morgan fingerprint density at radius 3 is 2.46 bits per heavy atom. The highest BCUT2D eigenvalue weighted by molar-refractivity contribution is 8.13. The van der Waals surface area contributed by atoms with Crippen LogP contribution in [-0.2, 0) is 22.1 Å². The van der Waals surface area contributed by atoms with Gasteiger partial charge in [0.25, 0.3) is 0 Å². The van der Waals surface area contributed by atoms with Gasteiger partial charge in [-0.05, 0) is 35.4 Å². The van der Waals surface area contributed by atoms with Crippen LogP contribution in [0.2, 0.25) is 15.1 Å². The van der Waals surface area contributed by atoms with Crippen molar-refractivity contribution in [1.82, 2.24) is 4.90 Å². The van der Waals surface area contributed by atoms with Crippen LogP contribution in [0.4, 0.5) is 0 Å². The van der Waals surface area contributed by atoms with Gasteiger partial charge in [0.1, 0.15) is 0 Å². The first kappa shape index (κ1) is 20.4. The zero-order valence-corrected chi connectivity index (χ0v) is 18.6. The van der Waals surface area contributed by atoms with Crippen LogP contribution in [0, 0.1) is 0 Å². The molecular formula is C19H17Cl3N2O2S2. The minimum atomic E-state index is -3.05. The van der Waals surface area contributed by atoms with Gasteiger partial charge >= 0.3 is 0 Å². The molecule has 0 bridgehead atoms. The molecule has 1 saturated heterocycles. The van der Waals surface area contributed by atoms with Gasteiger partial charge in [-0.2, -0.15) is 0 Å². The molecule has 0 N–H and O–H groups in total. The largest absolute Gasteiger partial charge is 0.341 e. The summed E-state index contributed by atoms with van der Waals surface area (Å²) in [5, 5.41) is 2.74. The van der Waals surface area contributed by atoms with Crippen molar-refractivity contribution >= 4 is 61.6 Å². The van der Waals surface area contributed by atoms with E-state index in [9.17, 15) is 8.42 Å². The van der Waals surface area contributed by atoms with Gasteiger partial charge in [-0.3, -0.25) is 4.99 Å². The molecule has 0 radical (unpaired) electrons. The third-order valence-electron chi connectivity index (χ3n) is 4.85. The summed E-state index contributed by atoms with van der Waals surface area (Å²) in [5.74, 6) is 0.888. The SMILES string of the molecule is O=S1(=O)CC2N=C(SCc3ccc(Cl)cc3Cl)N(Cc3ccc(Cl)cc3)C2C1. The molecule has 2 heterocycles. The summed E-state index contributed by atoms with van der Waals surface area (Å²) in [4.78, 5) is 6.84. The van der Waals surface area contributed by atoms with Crippen molar-refractivity contribution in [3.05, 3.63) is 68.7 Å². The van der Waals surface area contributed by atoms with E-state index in [0.29, 0.717) is 27.4 Å². The number of amidine groups is 1. The lowest BCUT2D eigenvalue weighted by Gasteiger charge is -2.26. The van der Waals surface area contributed by atoms with E-state index in [4.69, 9.17) is 39.8 Å². The van der Waals surface area contributed by atoms with E-state index in [1.165, 1.54) is 0 Å². The lowest BCUT2D eigenvalue weighted by Crippen LogP contribution is -2.38. The van der Waals surface area contributed by atoms with Crippen LogP contribution in [-0.4, -0.2) is 42.1 Å². The summed E-state index contributed by atoms with van der Waals surface area (Å²) >= 11 is 19.8. The maximum atomic E-state index is 12.1. The number of rotatable bonds is 4. The molecule has 2 aliphatic heterocycles. The Labute approximate surface area is 183 Å². The van der Waals surface area contributed by atoms with Gasteiger partial charge in [-0.15, -0.1) is 0 Å². The minimum Gasteiger partial charge on any atom is -0.341 e. The summed E-state index contributed by atoms with van der Waals surface area (Å²) in [6.45, 7) is 0.591. The van der Waals surface area contributed by atoms with Gasteiger partial charge in [0.05, 0.1) is 23.6 Å². The van der Waals surface area contributed by atoms with E-state index in [1.807, 2.05) is 36.4 Å². The quantitative estimate of drug-likeness (QED) is 0.630. The smallest absolute Gasteiger partial charge is 0.160 e. The molecule has 1 fully saturated rings. The van der Waals surface area contributed by atoms with Crippen molar-refractivity contribution in [3.63, 3.8) is 0 Å². The van der Waals surface area contributed by atoms with Crippen LogP contribution in [0.5, 0.6) is 0 Å². The molecule has 2 atom stereocenters. The van der Waals surface area contributed by atoms with Crippen LogP contribution in [0.15, 0.2) is 47.5 Å². The maximum absolute atomic E-state index is 12.1. The van der Waals surface area contributed by atoms with Crippen LogP contribution in [0.3, 0.4) is 0 Å². The second-order valence-corrected chi connectivity index (χ2v) is 11.3. The molecule has 2 aliphatic rings. The molecule has 0 aromatic heterocycles. The molecule has 28 heavy (non-hydrogen) atoms. The summed E-state index contributed by atoms with van der Waals surface area (Å²) < 4.78 is 24.2. The molecule has 4 rings (SSSR count). The number of nitrogens with zero attached hydrogens (tertiary/aromatic N) is 2. The Hall–Kier alpha value is -0.920. The van der Waals surface area contributed by atoms with Crippen molar-refractivity contribution in [2.75, 3.05) is 11.5 Å². The average molecular weight is 476 g/mol. The van der Waals surface area contributed by atoms with Crippen molar-refractivity contribution in [2.24, 2.45) is 4.99 Å². The topological polar surface area (TPSA) is 49.7 Å². The fraction of sp³-hybridized carbons (Fsp3) is 0.316. The second-order valence-electron chi connectivity index (χ2n) is 6.90. The van der Waals surface area contributed by atoms with Crippen molar-refractivity contribution in [2.45, 2.75) is 24.4 Å². The number of hydrogen-bond acceptors (Lipinski definition) is 5. The van der Waals surface area contributed by atoms with E-state index < -0.39 is 9.84 Å². The lowest BCUT2D eigenvalue weighted by molar-refractivity contribution is 0.343. The molecule has 2 aromatic carbocycles. The third kappa shape index (κ3) is 4.46. The molecule has 148 valence electrons. The van der Waals surface area contributed by atoms with E-state index in [0.717, 1.165) is 16.3 Å². The normalized spacial score (nSPS) is 23.0. The number of benzene rings is 2. The molecular weight excluding hydrogens is 459 g/mol. The first-order valence-electron chi connectivity index (χ1n) is 8.67. The van der Waals surface area contributed by atoms with Gasteiger partial charge < -0.3 is 4.90 Å². The highest BCUT2D eigenvalue weighted by atomic mass is 35.5. The zero-order chi connectivity index (χ0) is 19.9. The van der Waals surface area contributed by atoms with E-state index in [-0.39, 0.29) is 23.6 Å². The van der Waals surface area contributed by atoms with E-state index in [1.54, 1.807) is 17.8 Å². The van der Waals surface area contributed by atoms with Gasteiger partial charge in [0.2, 0.25) is 0 Å². The summed E-state index contributed by atoms with van der Waals surface area (Å²) in [5.41, 5.74) is 2.03. The lowest BCUT2D eigenvalue weighted by atomic mass is 10.1. The molecule has 2 aromatic rings. The van der Waals surface area contributed by atoms with Gasteiger partial charge in [0, 0.05) is 27.4 Å². The summed E-state index contributed by atoms with van der Waals surface area (Å²) in [6, 6.07) is 12.7. The summed E-state index contributed by atoms with van der Waals surface area (Å²) in [6.07, 6.45) is 0. The molecule has 0 amide bonds. The maximum Gasteiger partial charge on any atom is 0.160 e. The van der Waals surface area contributed by atoms with Gasteiger partial charge in [-0.1, -0.05) is 64.8 Å². The molecule has 0 spiro atoms. The fourth-order valence-electron chi connectivity index (χ4n) is 3.46. The Kier molecular flexibility index (Phi) is 5.87. The number of aliphatic imine (C=N–C) groups is 1. The zero-order valence-electron chi connectivity index (χ0n) is 14.7. The monoisotopic (exact) mass is 474 g/mol. The first-order chi connectivity index (χ1) is 13.3. The number of fused-ring (bicyclic) bond motifs is 1. The molecule has 9 heteroatoms. The molecule has 2 unspecified atom stereocenters. The first-order valence-corrected chi connectivity index (χ1v) is 12.6. The van der Waals surface area contributed by atoms with Crippen LogP contribution in [0.25, 0.3) is 0 Å². The molecule has 4 nitrogen and oxygen atoms in total. The minimum absolute atomic E-state index is 0.112. The summed E-state index contributed by atoms with van der Waals surface area (Å²) in [7, 11) is -3.05. The standard InChI is InChI=1S/C19H17Cl3N2O2S2/c20-14-4-1-12(2-5-14)8-24-18-11-28(25,26)10-17(18)23-19(24)27-9-13-3-6-15(21)7-16(13)22/h1-7,17-18H,8-11H2. The average Bonchev–Trinajstić information content (AvgIpc) is 3.08. The third-order valence-corrected chi connectivity index (χ3v) is 8.45. The van der Waals surface area contributed by atoms with Crippen molar-refractivity contribution in [1.29, 1.82) is 0 Å². The Morgan fingerprint density at radius 2 is 1.75 bits per heavy atom.